The number of anilines is 2. The smallest absolute Gasteiger partial charge is 0.127 e. The summed E-state index contributed by atoms with van der Waals surface area (Å²) in [5.74, 6) is 0.723. The van der Waals surface area contributed by atoms with E-state index in [0.29, 0.717) is 11.7 Å². The Kier molecular flexibility index (Phi) is 4.27. The predicted molar refractivity (Wildman–Crippen MR) is 67.1 cm³/mol. The average molecular weight is 228 g/mol. The first-order valence-corrected chi connectivity index (χ1v) is 6.22. The van der Waals surface area contributed by atoms with Crippen LogP contribution >= 0.6 is 11.8 Å². The summed E-state index contributed by atoms with van der Waals surface area (Å²) >= 11 is 1.77. The van der Waals surface area contributed by atoms with E-state index in [2.05, 4.69) is 13.2 Å². The number of benzene rings is 1. The Labute approximate surface area is 94.6 Å². The Bertz CT molecular complexity index is 310. The number of nitrogen functional groups attached to an aromatic ring is 1. The number of nitrogens with zero attached hydrogens (tertiary/aromatic N) is 1. The summed E-state index contributed by atoms with van der Waals surface area (Å²) in [6.45, 7) is 2.11. The molecule has 0 aromatic heterocycles. The van der Waals surface area contributed by atoms with Gasteiger partial charge in [0, 0.05) is 30.2 Å². The standard InChI is InChI=1S/C11H17FN2S/c1-8(7-15-3)14(2)11-5-9(12)4-10(13)6-11/h4-6,8H,7,13H2,1-3H3. The molecule has 0 heterocycles. The van der Waals surface area contributed by atoms with Crippen LogP contribution in [0.4, 0.5) is 15.8 Å². The summed E-state index contributed by atoms with van der Waals surface area (Å²) in [6, 6.07) is 4.99. The summed E-state index contributed by atoms with van der Waals surface area (Å²) in [5.41, 5.74) is 6.89. The van der Waals surface area contributed by atoms with E-state index in [9.17, 15) is 4.39 Å². The van der Waals surface area contributed by atoms with Gasteiger partial charge in [-0.05, 0) is 31.4 Å². The van der Waals surface area contributed by atoms with Gasteiger partial charge in [-0.15, -0.1) is 0 Å². The SMILES string of the molecule is CSCC(C)N(C)c1cc(N)cc(F)c1. The molecule has 1 aromatic rings. The van der Waals surface area contributed by atoms with Crippen LogP contribution in [0.25, 0.3) is 0 Å². The van der Waals surface area contributed by atoms with Crippen LogP contribution in [0.3, 0.4) is 0 Å². The minimum absolute atomic E-state index is 0.284. The highest BCUT2D eigenvalue weighted by Crippen LogP contribution is 2.21. The molecule has 4 heteroatoms. The van der Waals surface area contributed by atoms with Crippen LogP contribution in [0.2, 0.25) is 0 Å². The Hall–Kier alpha value is -0.900. The Morgan fingerprint density at radius 1 is 1.47 bits per heavy atom. The van der Waals surface area contributed by atoms with Crippen molar-refractivity contribution in [2.45, 2.75) is 13.0 Å². The minimum atomic E-state index is -0.284. The molecule has 0 fully saturated rings. The summed E-state index contributed by atoms with van der Waals surface area (Å²) in [4.78, 5) is 2.04. The Balaban J connectivity index is 2.85. The van der Waals surface area contributed by atoms with Crippen LogP contribution in [-0.4, -0.2) is 25.1 Å². The second-order valence-electron chi connectivity index (χ2n) is 3.66. The molecule has 84 valence electrons. The quantitative estimate of drug-likeness (QED) is 0.803. The summed E-state index contributed by atoms with van der Waals surface area (Å²) < 4.78 is 13.1. The Morgan fingerprint density at radius 2 is 2.13 bits per heavy atom. The zero-order valence-electron chi connectivity index (χ0n) is 9.33. The van der Waals surface area contributed by atoms with Gasteiger partial charge >= 0.3 is 0 Å². The van der Waals surface area contributed by atoms with Gasteiger partial charge in [-0.3, -0.25) is 0 Å². The topological polar surface area (TPSA) is 29.3 Å². The molecule has 2 nitrogen and oxygen atoms in total. The van der Waals surface area contributed by atoms with Crippen molar-refractivity contribution in [3.05, 3.63) is 24.0 Å². The predicted octanol–water partition coefficient (Wildman–Crippen LogP) is 2.60. The van der Waals surface area contributed by atoms with E-state index >= 15 is 0 Å². The third-order valence-electron chi connectivity index (χ3n) is 2.38. The van der Waals surface area contributed by atoms with Crippen molar-refractivity contribution in [2.75, 3.05) is 29.7 Å². The van der Waals surface area contributed by atoms with Gasteiger partial charge in [-0.25, -0.2) is 4.39 Å². The van der Waals surface area contributed by atoms with Gasteiger partial charge < -0.3 is 10.6 Å². The van der Waals surface area contributed by atoms with Gasteiger partial charge in [0.1, 0.15) is 5.82 Å². The fourth-order valence-electron chi connectivity index (χ4n) is 1.41. The van der Waals surface area contributed by atoms with E-state index in [1.54, 1.807) is 17.8 Å². The average Bonchev–Trinajstić information content (AvgIpc) is 2.15. The molecule has 0 spiro atoms. The first-order valence-electron chi connectivity index (χ1n) is 4.82. The fraction of sp³-hybridized carbons (Fsp3) is 0.455. The lowest BCUT2D eigenvalue weighted by Gasteiger charge is -2.26. The lowest BCUT2D eigenvalue weighted by Crippen LogP contribution is -2.30. The lowest BCUT2D eigenvalue weighted by atomic mass is 10.2. The number of thioether (sulfide) groups is 1. The summed E-state index contributed by atoms with van der Waals surface area (Å²) in [5, 5.41) is 0. The molecule has 1 aromatic carbocycles. The zero-order valence-corrected chi connectivity index (χ0v) is 10.1. The van der Waals surface area contributed by atoms with Crippen molar-refractivity contribution in [3.63, 3.8) is 0 Å². The van der Waals surface area contributed by atoms with E-state index in [0.717, 1.165) is 11.4 Å². The molecule has 0 radical (unpaired) electrons. The summed E-state index contributed by atoms with van der Waals surface area (Å²) in [6.07, 6.45) is 2.06. The van der Waals surface area contributed by atoms with Crippen molar-refractivity contribution < 1.29 is 4.39 Å². The van der Waals surface area contributed by atoms with Gasteiger partial charge in [-0.1, -0.05) is 0 Å². The van der Waals surface area contributed by atoms with Crippen LogP contribution in [0.1, 0.15) is 6.92 Å². The van der Waals surface area contributed by atoms with E-state index in [-0.39, 0.29) is 5.82 Å². The zero-order chi connectivity index (χ0) is 11.4. The molecule has 0 amide bonds. The van der Waals surface area contributed by atoms with Crippen molar-refractivity contribution in [1.29, 1.82) is 0 Å². The monoisotopic (exact) mass is 228 g/mol. The van der Waals surface area contributed by atoms with Crippen molar-refractivity contribution in [2.24, 2.45) is 0 Å². The number of hydrogen-bond acceptors (Lipinski definition) is 3. The maximum Gasteiger partial charge on any atom is 0.127 e. The molecule has 1 atom stereocenters. The van der Waals surface area contributed by atoms with E-state index < -0.39 is 0 Å². The van der Waals surface area contributed by atoms with Crippen molar-refractivity contribution >= 4 is 23.1 Å². The van der Waals surface area contributed by atoms with Crippen LogP contribution in [-0.2, 0) is 0 Å². The van der Waals surface area contributed by atoms with E-state index in [1.165, 1.54) is 12.1 Å². The molecular formula is C11H17FN2S. The minimum Gasteiger partial charge on any atom is -0.399 e. The van der Waals surface area contributed by atoms with Crippen LogP contribution in [0.5, 0.6) is 0 Å². The molecule has 0 saturated heterocycles. The van der Waals surface area contributed by atoms with Crippen molar-refractivity contribution in [1.82, 2.24) is 0 Å². The first-order chi connectivity index (χ1) is 7.04. The molecular weight excluding hydrogens is 211 g/mol. The van der Waals surface area contributed by atoms with Crippen LogP contribution in [0.15, 0.2) is 18.2 Å². The molecule has 15 heavy (non-hydrogen) atoms. The molecule has 2 N–H and O–H groups in total. The molecule has 1 rings (SSSR count). The first kappa shape index (κ1) is 12.2. The molecule has 1 unspecified atom stereocenters. The maximum absolute atomic E-state index is 13.1. The van der Waals surface area contributed by atoms with Gasteiger partial charge in [0.05, 0.1) is 0 Å². The summed E-state index contributed by atoms with van der Waals surface area (Å²) in [7, 11) is 1.95. The number of halogens is 1. The third kappa shape index (κ3) is 3.30. The highest BCUT2D eigenvalue weighted by atomic mass is 32.2. The molecule has 0 saturated carbocycles. The molecule has 0 aliphatic carbocycles. The highest BCUT2D eigenvalue weighted by molar-refractivity contribution is 7.98. The maximum atomic E-state index is 13.1. The van der Waals surface area contributed by atoms with Gasteiger partial charge in [0.25, 0.3) is 0 Å². The largest absolute Gasteiger partial charge is 0.399 e. The lowest BCUT2D eigenvalue weighted by molar-refractivity contribution is 0.626. The Morgan fingerprint density at radius 3 is 2.67 bits per heavy atom. The highest BCUT2D eigenvalue weighted by Gasteiger charge is 2.10. The molecule has 0 bridgehead atoms. The van der Waals surface area contributed by atoms with Crippen molar-refractivity contribution in [3.8, 4) is 0 Å². The molecule has 0 aliphatic heterocycles. The van der Waals surface area contributed by atoms with E-state index in [1.807, 2.05) is 11.9 Å². The normalized spacial score (nSPS) is 12.5. The van der Waals surface area contributed by atoms with Crippen LogP contribution < -0.4 is 10.6 Å². The number of rotatable bonds is 4. The fourth-order valence-corrected chi connectivity index (χ4v) is 2.11. The molecule has 0 aliphatic rings. The second-order valence-corrected chi connectivity index (χ2v) is 4.57. The van der Waals surface area contributed by atoms with Crippen LogP contribution in [0, 0.1) is 5.82 Å². The van der Waals surface area contributed by atoms with Gasteiger partial charge in [0.2, 0.25) is 0 Å². The van der Waals surface area contributed by atoms with E-state index in [4.69, 9.17) is 5.73 Å². The third-order valence-corrected chi connectivity index (χ3v) is 3.20. The van der Waals surface area contributed by atoms with Gasteiger partial charge in [-0.2, -0.15) is 11.8 Å². The number of nitrogens with two attached hydrogens (primary N) is 1. The second kappa shape index (κ2) is 5.26. The van der Waals surface area contributed by atoms with Gasteiger partial charge in [0.15, 0.2) is 0 Å². The number of hydrogen-bond donors (Lipinski definition) is 1.